The number of para-hydroxylation sites is 1. The molecule has 0 aliphatic carbocycles. The van der Waals surface area contributed by atoms with Gasteiger partial charge in [-0.1, -0.05) is 49.4 Å². The quantitative estimate of drug-likeness (QED) is 0.442. The number of aromatic nitrogens is 3. The molecule has 2 aromatic carbocycles. The Morgan fingerprint density at radius 1 is 1.03 bits per heavy atom. The monoisotopic (exact) mass is 442 g/mol. The summed E-state index contributed by atoms with van der Waals surface area (Å²) < 4.78 is 3.63. The molecule has 1 fully saturated rings. The molecular weight excluding hydrogens is 412 g/mol. The van der Waals surface area contributed by atoms with Gasteiger partial charge in [0.1, 0.15) is 11.2 Å². The lowest BCUT2D eigenvalue weighted by Gasteiger charge is -2.31. The van der Waals surface area contributed by atoms with E-state index in [4.69, 9.17) is 4.98 Å². The third-order valence-corrected chi connectivity index (χ3v) is 6.86. The predicted molar refractivity (Wildman–Crippen MR) is 133 cm³/mol. The van der Waals surface area contributed by atoms with Crippen LogP contribution < -0.4 is 11.0 Å². The van der Waals surface area contributed by atoms with Gasteiger partial charge in [0.05, 0.1) is 12.1 Å². The summed E-state index contributed by atoms with van der Waals surface area (Å²) in [7, 11) is 1.89. The van der Waals surface area contributed by atoms with Crippen molar-refractivity contribution in [1.29, 1.82) is 0 Å². The van der Waals surface area contributed by atoms with Crippen molar-refractivity contribution < 1.29 is 0 Å². The van der Waals surface area contributed by atoms with E-state index in [1.165, 1.54) is 6.42 Å². The smallest absolute Gasteiger partial charge is 0.267 e. The van der Waals surface area contributed by atoms with Crippen LogP contribution in [0.3, 0.4) is 0 Å². The van der Waals surface area contributed by atoms with Gasteiger partial charge < -0.3 is 4.57 Å². The van der Waals surface area contributed by atoms with Gasteiger partial charge in [-0.2, -0.15) is 0 Å². The summed E-state index contributed by atoms with van der Waals surface area (Å²) in [6, 6.07) is 17.6. The molecule has 1 aliphatic heterocycles. The van der Waals surface area contributed by atoms with Crippen molar-refractivity contribution in [3.8, 4) is 0 Å². The van der Waals surface area contributed by atoms with Gasteiger partial charge in [0.15, 0.2) is 5.65 Å². The molecule has 2 aromatic heterocycles. The van der Waals surface area contributed by atoms with E-state index in [9.17, 15) is 9.59 Å². The second-order valence-corrected chi connectivity index (χ2v) is 9.31. The molecule has 6 nitrogen and oxygen atoms in total. The first-order chi connectivity index (χ1) is 16.0. The summed E-state index contributed by atoms with van der Waals surface area (Å²) >= 11 is 0. The summed E-state index contributed by atoms with van der Waals surface area (Å²) in [5.41, 5.74) is 1.96. The minimum Gasteiger partial charge on any atom is -0.328 e. The van der Waals surface area contributed by atoms with Crippen LogP contribution in [0.5, 0.6) is 0 Å². The SMILES string of the molecule is C[C@H]1CCCN(Cc2nc3c(c(=O)c4ccccc4n3C)c(=O)n2CCc2ccccc2)C1. The number of benzene rings is 2. The molecule has 0 N–H and O–H groups in total. The first-order valence-corrected chi connectivity index (χ1v) is 11.8. The molecule has 0 radical (unpaired) electrons. The fourth-order valence-electron chi connectivity index (χ4n) is 5.10. The summed E-state index contributed by atoms with van der Waals surface area (Å²) in [6.07, 6.45) is 3.11. The first-order valence-electron chi connectivity index (χ1n) is 11.8. The van der Waals surface area contributed by atoms with Crippen LogP contribution >= 0.6 is 0 Å². The second-order valence-electron chi connectivity index (χ2n) is 9.31. The van der Waals surface area contributed by atoms with Gasteiger partial charge in [0.2, 0.25) is 5.43 Å². The highest BCUT2D eigenvalue weighted by Gasteiger charge is 2.22. The van der Waals surface area contributed by atoms with Crippen molar-refractivity contribution in [3.63, 3.8) is 0 Å². The normalized spacial score (nSPS) is 17.1. The van der Waals surface area contributed by atoms with Gasteiger partial charge in [0, 0.05) is 25.5 Å². The molecule has 0 unspecified atom stereocenters. The Balaban J connectivity index is 1.67. The van der Waals surface area contributed by atoms with Crippen LogP contribution in [-0.2, 0) is 26.6 Å². The number of nitrogens with zero attached hydrogens (tertiary/aromatic N) is 4. The summed E-state index contributed by atoms with van der Waals surface area (Å²) in [5.74, 6) is 1.37. The summed E-state index contributed by atoms with van der Waals surface area (Å²) in [4.78, 5) is 34.5. The number of rotatable bonds is 5. The van der Waals surface area contributed by atoms with E-state index in [0.29, 0.717) is 36.5 Å². The number of likely N-dealkylation sites (tertiary alicyclic amines) is 1. The zero-order valence-electron chi connectivity index (χ0n) is 19.3. The van der Waals surface area contributed by atoms with Gasteiger partial charge in [-0.25, -0.2) is 4.98 Å². The van der Waals surface area contributed by atoms with E-state index in [1.807, 2.05) is 48.0 Å². The maximum Gasteiger partial charge on any atom is 0.267 e. The largest absolute Gasteiger partial charge is 0.328 e. The number of aryl methyl sites for hydroxylation is 2. The minimum absolute atomic E-state index is 0.181. The Bertz CT molecular complexity index is 1420. The first kappa shape index (κ1) is 21.6. The van der Waals surface area contributed by atoms with E-state index < -0.39 is 0 Å². The third-order valence-electron chi connectivity index (χ3n) is 6.86. The van der Waals surface area contributed by atoms with Crippen LogP contribution in [0.2, 0.25) is 0 Å². The van der Waals surface area contributed by atoms with Crippen molar-refractivity contribution in [3.05, 3.63) is 86.6 Å². The summed E-state index contributed by atoms with van der Waals surface area (Å²) in [5, 5.41) is 0.735. The molecular formula is C27H30N4O2. The molecule has 0 amide bonds. The average Bonchev–Trinajstić information content (AvgIpc) is 2.83. The second kappa shape index (κ2) is 8.94. The molecule has 6 heteroatoms. The zero-order chi connectivity index (χ0) is 22.9. The average molecular weight is 443 g/mol. The molecule has 0 spiro atoms. The van der Waals surface area contributed by atoms with Crippen molar-refractivity contribution in [1.82, 2.24) is 19.0 Å². The Morgan fingerprint density at radius 3 is 2.58 bits per heavy atom. The van der Waals surface area contributed by atoms with E-state index in [0.717, 1.165) is 36.4 Å². The molecule has 170 valence electrons. The molecule has 1 aliphatic rings. The molecule has 4 aromatic rings. The van der Waals surface area contributed by atoms with Crippen molar-refractivity contribution >= 4 is 21.9 Å². The molecule has 0 saturated carbocycles. The van der Waals surface area contributed by atoms with Gasteiger partial charge >= 0.3 is 0 Å². The molecule has 3 heterocycles. The highest BCUT2D eigenvalue weighted by molar-refractivity contribution is 5.91. The van der Waals surface area contributed by atoms with E-state index in [2.05, 4.69) is 24.0 Å². The fraction of sp³-hybridized carbons (Fsp3) is 0.370. The van der Waals surface area contributed by atoms with Crippen molar-refractivity contribution in [2.45, 2.75) is 39.3 Å². The van der Waals surface area contributed by atoms with E-state index in [-0.39, 0.29) is 16.4 Å². The third kappa shape index (κ3) is 4.11. The van der Waals surface area contributed by atoms with Gasteiger partial charge in [-0.05, 0) is 49.4 Å². The Kier molecular flexibility index (Phi) is 5.85. The highest BCUT2D eigenvalue weighted by atomic mass is 16.1. The summed E-state index contributed by atoms with van der Waals surface area (Å²) in [6.45, 7) is 5.40. The molecule has 1 atom stereocenters. The number of pyridine rings is 1. The number of piperidine rings is 1. The molecule has 1 saturated heterocycles. The van der Waals surface area contributed by atoms with Crippen molar-refractivity contribution in [2.75, 3.05) is 13.1 Å². The number of fused-ring (bicyclic) bond motifs is 2. The lowest BCUT2D eigenvalue weighted by Crippen LogP contribution is -2.38. The molecule has 33 heavy (non-hydrogen) atoms. The van der Waals surface area contributed by atoms with Crippen LogP contribution in [0.1, 0.15) is 31.2 Å². The van der Waals surface area contributed by atoms with Crippen LogP contribution in [-0.4, -0.2) is 32.1 Å². The Hall–Kier alpha value is -3.25. The molecule has 0 bridgehead atoms. The standard InChI is InChI=1S/C27H30N4O2/c1-19-9-8-15-30(17-19)18-23-28-26-24(25(32)21-12-6-7-13-22(21)29(26)2)27(33)31(23)16-14-20-10-4-3-5-11-20/h3-7,10-13,19H,8-9,14-18H2,1-2H3/t19-/m0/s1. The van der Waals surface area contributed by atoms with Crippen LogP contribution in [0.15, 0.2) is 64.2 Å². The van der Waals surface area contributed by atoms with Gasteiger partial charge in [-0.15, -0.1) is 0 Å². The minimum atomic E-state index is -0.234. The van der Waals surface area contributed by atoms with Crippen molar-refractivity contribution in [2.24, 2.45) is 13.0 Å². The zero-order valence-corrected chi connectivity index (χ0v) is 19.3. The van der Waals surface area contributed by atoms with Crippen LogP contribution in [0.25, 0.3) is 21.9 Å². The van der Waals surface area contributed by atoms with Gasteiger partial charge in [-0.3, -0.25) is 19.1 Å². The van der Waals surface area contributed by atoms with Crippen LogP contribution in [0, 0.1) is 5.92 Å². The van der Waals surface area contributed by atoms with E-state index in [1.54, 1.807) is 10.6 Å². The maximum atomic E-state index is 13.8. The highest BCUT2D eigenvalue weighted by Crippen LogP contribution is 2.19. The van der Waals surface area contributed by atoms with Gasteiger partial charge in [0.25, 0.3) is 5.56 Å². The predicted octanol–water partition coefficient (Wildman–Crippen LogP) is 3.72. The fourth-order valence-corrected chi connectivity index (χ4v) is 5.10. The maximum absolute atomic E-state index is 13.8. The lowest BCUT2D eigenvalue weighted by molar-refractivity contribution is 0.170. The topological polar surface area (TPSA) is 60.1 Å². The Morgan fingerprint density at radius 2 is 1.79 bits per heavy atom. The van der Waals surface area contributed by atoms with E-state index >= 15 is 0 Å². The number of hydrogen-bond acceptors (Lipinski definition) is 4. The van der Waals surface area contributed by atoms with Crippen LogP contribution in [0.4, 0.5) is 0 Å². The molecule has 5 rings (SSSR count). The lowest BCUT2D eigenvalue weighted by atomic mass is 10.0. The number of hydrogen-bond donors (Lipinski definition) is 0. The Labute approximate surface area is 193 Å².